The largest absolute Gasteiger partial charge is 0.481 e. The molecular weight excluding hydrogens is 299 g/mol. The Balaban J connectivity index is 2.02. The fraction of sp³-hybridized carbons (Fsp3) is 0.308. The number of nitrogens with one attached hydrogen (secondary N) is 2. The van der Waals surface area contributed by atoms with Gasteiger partial charge in [-0.05, 0) is 24.1 Å². The molecule has 8 heteroatoms. The number of carbonyl (C=O) groups is 3. The number of carboxylic acid groups (broad SMARTS) is 1. The number of fused-ring (bicyclic) bond motifs is 1. The van der Waals surface area contributed by atoms with Crippen LogP contribution in [0.2, 0.25) is 0 Å². The Labute approximate surface area is 124 Å². The van der Waals surface area contributed by atoms with E-state index in [2.05, 4.69) is 10.6 Å². The zero-order chi connectivity index (χ0) is 15.4. The molecule has 1 aliphatic heterocycles. The number of carboxylic acids is 1. The minimum absolute atomic E-state index is 0.0332. The van der Waals surface area contributed by atoms with Crippen molar-refractivity contribution >= 4 is 40.9 Å². The van der Waals surface area contributed by atoms with E-state index in [0.29, 0.717) is 18.5 Å². The number of aryl methyl sites for hydroxylation is 1. The first kappa shape index (κ1) is 15.3. The number of carbonyl (C=O) groups excluding carboxylic acids is 2. The molecular formula is C13H13FN2O4S. The van der Waals surface area contributed by atoms with Crippen LogP contribution in [-0.2, 0) is 20.8 Å². The van der Waals surface area contributed by atoms with Gasteiger partial charge in [-0.3, -0.25) is 14.4 Å². The molecule has 3 N–H and O–H groups in total. The quantitative estimate of drug-likeness (QED) is 0.765. The van der Waals surface area contributed by atoms with Crippen LogP contribution >= 0.6 is 11.8 Å². The Morgan fingerprint density at radius 1 is 1.33 bits per heavy atom. The Hall–Kier alpha value is -2.09. The number of aliphatic carboxylic acids is 1. The summed E-state index contributed by atoms with van der Waals surface area (Å²) in [6.45, 7) is 0. The minimum atomic E-state index is -1.01. The zero-order valence-electron chi connectivity index (χ0n) is 10.9. The third kappa shape index (κ3) is 4.19. The summed E-state index contributed by atoms with van der Waals surface area (Å²) in [4.78, 5) is 33.2. The summed E-state index contributed by atoms with van der Waals surface area (Å²) in [6.07, 6.45) is 0.804. The molecule has 112 valence electrons. The second kappa shape index (κ2) is 6.57. The van der Waals surface area contributed by atoms with Crippen molar-refractivity contribution in [2.45, 2.75) is 12.8 Å². The molecule has 0 aromatic heterocycles. The maximum atomic E-state index is 13.8. The molecule has 0 bridgehead atoms. The first-order valence-corrected chi connectivity index (χ1v) is 7.33. The molecule has 0 spiro atoms. The van der Waals surface area contributed by atoms with Crippen LogP contribution in [0.3, 0.4) is 0 Å². The number of hydrogen-bond acceptors (Lipinski definition) is 4. The third-order valence-electron chi connectivity index (χ3n) is 2.82. The van der Waals surface area contributed by atoms with E-state index in [1.807, 2.05) is 0 Å². The van der Waals surface area contributed by atoms with E-state index in [-0.39, 0.29) is 23.1 Å². The molecule has 0 aliphatic carbocycles. The van der Waals surface area contributed by atoms with Gasteiger partial charge in [0.25, 0.3) is 0 Å². The molecule has 0 saturated carbocycles. The maximum absolute atomic E-state index is 13.8. The Morgan fingerprint density at radius 3 is 2.81 bits per heavy atom. The molecule has 0 fully saturated rings. The van der Waals surface area contributed by atoms with Crippen molar-refractivity contribution in [3.05, 3.63) is 23.5 Å². The molecule has 0 unspecified atom stereocenters. The van der Waals surface area contributed by atoms with Gasteiger partial charge in [0.15, 0.2) is 0 Å². The molecule has 1 aromatic rings. The zero-order valence-corrected chi connectivity index (χ0v) is 11.8. The van der Waals surface area contributed by atoms with E-state index in [0.717, 1.165) is 17.3 Å². The van der Waals surface area contributed by atoms with Gasteiger partial charge in [0.1, 0.15) is 5.82 Å². The van der Waals surface area contributed by atoms with E-state index in [1.54, 1.807) is 0 Å². The van der Waals surface area contributed by atoms with Crippen LogP contribution in [-0.4, -0.2) is 34.4 Å². The lowest BCUT2D eigenvalue weighted by Crippen LogP contribution is -2.21. The lowest BCUT2D eigenvalue weighted by Gasteiger charge is -2.18. The Bertz CT molecular complexity index is 606. The first-order valence-electron chi connectivity index (χ1n) is 6.17. The highest BCUT2D eigenvalue weighted by molar-refractivity contribution is 8.00. The van der Waals surface area contributed by atoms with Gasteiger partial charge in [0.2, 0.25) is 11.8 Å². The third-order valence-corrected chi connectivity index (χ3v) is 3.74. The van der Waals surface area contributed by atoms with Gasteiger partial charge in [-0.1, -0.05) is 0 Å². The number of halogens is 1. The van der Waals surface area contributed by atoms with Gasteiger partial charge >= 0.3 is 5.97 Å². The molecule has 21 heavy (non-hydrogen) atoms. The van der Waals surface area contributed by atoms with Crippen molar-refractivity contribution in [2.75, 3.05) is 22.1 Å². The van der Waals surface area contributed by atoms with Crippen molar-refractivity contribution in [2.24, 2.45) is 0 Å². The van der Waals surface area contributed by atoms with Crippen molar-refractivity contribution in [1.29, 1.82) is 0 Å². The van der Waals surface area contributed by atoms with Gasteiger partial charge in [0, 0.05) is 12.1 Å². The van der Waals surface area contributed by atoms with E-state index in [4.69, 9.17) is 5.11 Å². The van der Waals surface area contributed by atoms with E-state index < -0.39 is 17.7 Å². The van der Waals surface area contributed by atoms with Gasteiger partial charge in [-0.2, -0.15) is 0 Å². The van der Waals surface area contributed by atoms with E-state index in [1.165, 1.54) is 12.1 Å². The number of hydrogen-bond donors (Lipinski definition) is 3. The van der Waals surface area contributed by atoms with Crippen molar-refractivity contribution in [1.82, 2.24) is 0 Å². The molecule has 0 atom stereocenters. The summed E-state index contributed by atoms with van der Waals surface area (Å²) in [5.41, 5.74) is 1.21. The fourth-order valence-electron chi connectivity index (χ4n) is 1.92. The summed E-state index contributed by atoms with van der Waals surface area (Å²) in [7, 11) is 0. The molecule has 2 amide bonds. The predicted molar refractivity (Wildman–Crippen MR) is 76.9 cm³/mol. The average molecular weight is 312 g/mol. The summed E-state index contributed by atoms with van der Waals surface area (Å²) < 4.78 is 13.8. The predicted octanol–water partition coefficient (Wildman–Crippen LogP) is 1.47. The number of amides is 2. The highest BCUT2D eigenvalue weighted by Crippen LogP contribution is 2.28. The lowest BCUT2D eigenvalue weighted by molar-refractivity contribution is -0.133. The minimum Gasteiger partial charge on any atom is -0.481 e. The van der Waals surface area contributed by atoms with E-state index in [9.17, 15) is 18.8 Å². The average Bonchev–Trinajstić information content (AvgIpc) is 2.39. The first-order chi connectivity index (χ1) is 9.95. The van der Waals surface area contributed by atoms with Crippen LogP contribution in [0.25, 0.3) is 0 Å². The SMILES string of the molecule is O=C(O)CSCC(=O)Nc1cc2c(cc1F)NC(=O)CC2. The van der Waals surface area contributed by atoms with Crippen LogP contribution in [0.5, 0.6) is 0 Å². The van der Waals surface area contributed by atoms with Crippen LogP contribution in [0.15, 0.2) is 12.1 Å². The lowest BCUT2D eigenvalue weighted by atomic mass is 10.0. The second-order valence-electron chi connectivity index (χ2n) is 4.47. The molecule has 2 rings (SSSR count). The summed E-state index contributed by atoms with van der Waals surface area (Å²) in [5.74, 6) is -2.55. The van der Waals surface area contributed by atoms with E-state index >= 15 is 0 Å². The maximum Gasteiger partial charge on any atom is 0.313 e. The monoisotopic (exact) mass is 312 g/mol. The number of benzene rings is 1. The standard InChI is InChI=1S/C13H13FN2O4S/c14-8-4-9-7(1-2-11(17)15-9)3-10(8)16-12(18)5-21-6-13(19)20/h3-4H,1-2,5-6H2,(H,15,17)(H,16,18)(H,19,20). The smallest absolute Gasteiger partial charge is 0.313 e. The normalized spacial score (nSPS) is 13.3. The van der Waals surface area contributed by atoms with Gasteiger partial charge in [-0.25, -0.2) is 4.39 Å². The van der Waals surface area contributed by atoms with Crippen molar-refractivity contribution in [3.8, 4) is 0 Å². The Morgan fingerprint density at radius 2 is 2.10 bits per heavy atom. The molecule has 6 nitrogen and oxygen atoms in total. The van der Waals surface area contributed by atoms with Crippen LogP contribution in [0, 0.1) is 5.82 Å². The molecule has 0 saturated heterocycles. The number of rotatable bonds is 5. The van der Waals surface area contributed by atoms with Crippen molar-refractivity contribution < 1.29 is 23.9 Å². The summed E-state index contributed by atoms with van der Waals surface area (Å²) in [6, 6.07) is 2.66. The molecule has 1 heterocycles. The van der Waals surface area contributed by atoms with Gasteiger partial charge in [-0.15, -0.1) is 11.8 Å². The van der Waals surface area contributed by atoms with Gasteiger partial charge < -0.3 is 15.7 Å². The number of anilines is 2. The second-order valence-corrected chi connectivity index (χ2v) is 5.46. The Kier molecular flexibility index (Phi) is 4.79. The van der Waals surface area contributed by atoms with Crippen molar-refractivity contribution in [3.63, 3.8) is 0 Å². The fourth-order valence-corrected chi connectivity index (χ4v) is 2.45. The topological polar surface area (TPSA) is 95.5 Å². The molecule has 0 radical (unpaired) electrons. The molecule has 1 aliphatic rings. The summed E-state index contributed by atoms with van der Waals surface area (Å²) >= 11 is 0.933. The van der Waals surface area contributed by atoms with Crippen LogP contribution < -0.4 is 10.6 Å². The molecule has 1 aromatic carbocycles. The van der Waals surface area contributed by atoms with Crippen LogP contribution in [0.4, 0.5) is 15.8 Å². The highest BCUT2D eigenvalue weighted by atomic mass is 32.2. The number of thioether (sulfide) groups is 1. The summed E-state index contributed by atoms with van der Waals surface area (Å²) in [5, 5.41) is 13.4. The highest BCUT2D eigenvalue weighted by Gasteiger charge is 2.18. The van der Waals surface area contributed by atoms with Crippen LogP contribution in [0.1, 0.15) is 12.0 Å². The van der Waals surface area contributed by atoms with Gasteiger partial charge in [0.05, 0.1) is 17.2 Å².